The van der Waals surface area contributed by atoms with E-state index in [0.717, 1.165) is 29.7 Å². The van der Waals surface area contributed by atoms with Gasteiger partial charge in [0, 0.05) is 27.6 Å². The highest BCUT2D eigenvalue weighted by Gasteiger charge is 2.28. The highest BCUT2D eigenvalue weighted by atomic mass is 28.1. The molecule has 1 rings (SSSR count). The highest BCUT2D eigenvalue weighted by Crippen LogP contribution is 2.28. The Labute approximate surface area is 84.6 Å². The second-order valence-corrected chi connectivity index (χ2v) is 7.07. The van der Waals surface area contributed by atoms with E-state index in [2.05, 4.69) is 13.8 Å². The number of hydrogen-bond donors (Lipinski definition) is 1. The maximum atomic E-state index is 5.97. The normalized spacial score (nSPS) is 30.7. The van der Waals surface area contributed by atoms with Crippen LogP contribution in [0.5, 0.6) is 0 Å². The van der Waals surface area contributed by atoms with Gasteiger partial charge < -0.3 is 10.5 Å². The zero-order chi connectivity index (χ0) is 9.95. The van der Waals surface area contributed by atoms with Crippen LogP contribution in [-0.4, -0.2) is 27.6 Å². The minimum Gasteiger partial charge on any atom is -0.380 e. The molecule has 1 fully saturated rings. The Morgan fingerprint density at radius 1 is 1.46 bits per heavy atom. The fraction of sp³-hybridized carbons (Fsp3) is 1.00. The van der Waals surface area contributed by atoms with Gasteiger partial charge in [-0.25, -0.2) is 0 Å². The third kappa shape index (κ3) is 4.25. The van der Waals surface area contributed by atoms with E-state index in [0.29, 0.717) is 0 Å². The molecule has 3 heteroatoms. The molecule has 0 aromatic heterocycles. The first-order chi connectivity index (χ1) is 5.91. The standard InChI is InChI=1S/C10H23NOSi/c1-9(2,11)6-7-10(13)5-3-4-8-12-10/h3-8,11H2,1-2,13H3. The lowest BCUT2D eigenvalue weighted by Crippen LogP contribution is -2.41. The Bertz CT molecular complexity index is 159. The Hall–Kier alpha value is 0.137. The van der Waals surface area contributed by atoms with Crippen LogP contribution in [0.25, 0.3) is 0 Å². The second kappa shape index (κ2) is 4.11. The maximum Gasteiger partial charge on any atom is 0.0486 e. The molecule has 2 nitrogen and oxygen atoms in total. The summed E-state index contributed by atoms with van der Waals surface area (Å²) in [6, 6.07) is 0. The molecule has 1 aliphatic rings. The van der Waals surface area contributed by atoms with Gasteiger partial charge >= 0.3 is 0 Å². The average molecular weight is 201 g/mol. The molecule has 1 atom stereocenters. The van der Waals surface area contributed by atoms with Crippen LogP contribution in [0.2, 0.25) is 0 Å². The molecule has 0 aromatic rings. The predicted octanol–water partition coefficient (Wildman–Crippen LogP) is 0.766. The molecule has 0 saturated carbocycles. The molecule has 1 aliphatic heterocycles. The summed E-state index contributed by atoms with van der Waals surface area (Å²) in [4.78, 5) is 0. The van der Waals surface area contributed by atoms with Crippen LogP contribution in [0.4, 0.5) is 0 Å². The van der Waals surface area contributed by atoms with E-state index in [1.807, 2.05) is 0 Å². The molecule has 1 saturated heterocycles. The van der Waals surface area contributed by atoms with Crippen molar-refractivity contribution in [1.82, 2.24) is 0 Å². The van der Waals surface area contributed by atoms with Gasteiger partial charge in [0.15, 0.2) is 0 Å². The minimum atomic E-state index is -0.0295. The maximum absolute atomic E-state index is 5.97. The fourth-order valence-electron chi connectivity index (χ4n) is 1.78. The Balaban J connectivity index is 2.33. The van der Waals surface area contributed by atoms with Crippen molar-refractivity contribution >= 4 is 10.2 Å². The van der Waals surface area contributed by atoms with Crippen LogP contribution < -0.4 is 5.73 Å². The lowest BCUT2D eigenvalue weighted by atomic mass is 9.94. The SMILES string of the molecule is CC(C)(N)CCC1([SiH3])CCCCO1. The monoisotopic (exact) mass is 201 g/mol. The Kier molecular flexibility index (Phi) is 3.55. The number of ether oxygens (including phenoxy) is 1. The Morgan fingerprint density at radius 3 is 2.62 bits per heavy atom. The molecular formula is C10H23NOSi. The van der Waals surface area contributed by atoms with Crippen molar-refractivity contribution in [2.75, 3.05) is 6.61 Å². The Morgan fingerprint density at radius 2 is 2.15 bits per heavy atom. The summed E-state index contributed by atoms with van der Waals surface area (Å²) in [6.45, 7) is 5.16. The molecule has 1 heterocycles. The molecule has 0 aromatic carbocycles. The van der Waals surface area contributed by atoms with Gasteiger partial charge in [-0.1, -0.05) is 0 Å². The van der Waals surface area contributed by atoms with Gasteiger partial charge in [0.1, 0.15) is 0 Å². The van der Waals surface area contributed by atoms with Gasteiger partial charge in [-0.3, -0.25) is 0 Å². The van der Waals surface area contributed by atoms with Gasteiger partial charge in [0.25, 0.3) is 0 Å². The lowest BCUT2D eigenvalue weighted by molar-refractivity contribution is -0.0261. The van der Waals surface area contributed by atoms with Crippen LogP contribution in [0, 0.1) is 0 Å². The molecule has 1 unspecified atom stereocenters. The van der Waals surface area contributed by atoms with Crippen molar-refractivity contribution in [2.45, 2.75) is 56.7 Å². The van der Waals surface area contributed by atoms with Gasteiger partial charge in [0.2, 0.25) is 0 Å². The van der Waals surface area contributed by atoms with E-state index in [-0.39, 0.29) is 10.8 Å². The molecule has 2 N–H and O–H groups in total. The number of nitrogens with two attached hydrogens (primary N) is 1. The van der Waals surface area contributed by atoms with Crippen LogP contribution in [0.1, 0.15) is 46.0 Å². The molecule has 0 amide bonds. The highest BCUT2D eigenvalue weighted by molar-refractivity contribution is 6.14. The number of hydrogen-bond acceptors (Lipinski definition) is 2. The van der Waals surface area contributed by atoms with E-state index in [4.69, 9.17) is 10.5 Å². The third-order valence-electron chi connectivity index (χ3n) is 2.85. The molecule has 0 radical (unpaired) electrons. The van der Waals surface area contributed by atoms with E-state index >= 15 is 0 Å². The summed E-state index contributed by atoms with van der Waals surface area (Å²) < 4.78 is 5.87. The molecule has 0 aliphatic carbocycles. The van der Waals surface area contributed by atoms with Crippen LogP contribution in [0.15, 0.2) is 0 Å². The van der Waals surface area contributed by atoms with E-state index in [1.54, 1.807) is 0 Å². The summed E-state index contributed by atoms with van der Waals surface area (Å²) in [7, 11) is 1.15. The van der Waals surface area contributed by atoms with Gasteiger partial charge in [0.05, 0.1) is 0 Å². The summed E-state index contributed by atoms with van der Waals surface area (Å²) >= 11 is 0. The third-order valence-corrected chi connectivity index (χ3v) is 4.14. The van der Waals surface area contributed by atoms with Crippen LogP contribution >= 0.6 is 0 Å². The lowest BCUT2D eigenvalue weighted by Gasteiger charge is -2.36. The van der Waals surface area contributed by atoms with Crippen molar-refractivity contribution in [2.24, 2.45) is 5.73 Å². The summed E-state index contributed by atoms with van der Waals surface area (Å²) in [5.74, 6) is 0. The smallest absolute Gasteiger partial charge is 0.0486 e. The fourth-order valence-corrected chi connectivity index (χ4v) is 2.58. The molecule has 0 spiro atoms. The molecular weight excluding hydrogens is 178 g/mol. The van der Waals surface area contributed by atoms with Crippen molar-refractivity contribution in [3.8, 4) is 0 Å². The number of rotatable bonds is 3. The largest absolute Gasteiger partial charge is 0.380 e. The minimum absolute atomic E-state index is 0.0295. The summed E-state index contributed by atoms with van der Waals surface area (Å²) in [5.41, 5.74) is 5.94. The molecule has 13 heavy (non-hydrogen) atoms. The van der Waals surface area contributed by atoms with Crippen molar-refractivity contribution in [1.29, 1.82) is 0 Å². The van der Waals surface area contributed by atoms with Crippen LogP contribution in [-0.2, 0) is 4.74 Å². The first-order valence-corrected chi connectivity index (χ1v) is 6.34. The predicted molar refractivity (Wildman–Crippen MR) is 60.0 cm³/mol. The van der Waals surface area contributed by atoms with E-state index in [1.165, 1.54) is 19.3 Å². The average Bonchev–Trinajstić information content (AvgIpc) is 2.02. The summed E-state index contributed by atoms with van der Waals surface area (Å²) in [5, 5.41) is 0.245. The van der Waals surface area contributed by atoms with Crippen molar-refractivity contribution in [3.05, 3.63) is 0 Å². The first-order valence-electron chi connectivity index (χ1n) is 5.34. The van der Waals surface area contributed by atoms with Crippen molar-refractivity contribution in [3.63, 3.8) is 0 Å². The molecule has 78 valence electrons. The van der Waals surface area contributed by atoms with E-state index in [9.17, 15) is 0 Å². The summed E-state index contributed by atoms with van der Waals surface area (Å²) in [6.07, 6.45) is 6.08. The zero-order valence-corrected chi connectivity index (χ0v) is 11.2. The first kappa shape index (κ1) is 11.2. The molecule has 0 bridgehead atoms. The van der Waals surface area contributed by atoms with Crippen LogP contribution in [0.3, 0.4) is 0 Å². The zero-order valence-electron chi connectivity index (χ0n) is 9.23. The topological polar surface area (TPSA) is 35.2 Å². The quantitative estimate of drug-likeness (QED) is 0.685. The van der Waals surface area contributed by atoms with E-state index < -0.39 is 0 Å². The second-order valence-electron chi connectivity index (χ2n) is 5.24. The van der Waals surface area contributed by atoms with Gasteiger partial charge in [-0.05, 0) is 46.0 Å². The van der Waals surface area contributed by atoms with Gasteiger partial charge in [-0.15, -0.1) is 0 Å². The van der Waals surface area contributed by atoms with Gasteiger partial charge in [-0.2, -0.15) is 0 Å². The van der Waals surface area contributed by atoms with Crippen molar-refractivity contribution < 1.29 is 4.74 Å².